The third-order valence-electron chi connectivity index (χ3n) is 2.00. The fourth-order valence-electron chi connectivity index (χ4n) is 1.23. The third kappa shape index (κ3) is 2.14. The van der Waals surface area contributed by atoms with Crippen LogP contribution in [-0.2, 0) is 0 Å². The lowest BCUT2D eigenvalue weighted by Gasteiger charge is -1.89. The van der Waals surface area contributed by atoms with Crippen molar-refractivity contribution >= 4 is 17.8 Å². The van der Waals surface area contributed by atoms with Gasteiger partial charge in [-0.3, -0.25) is 10.1 Å². The van der Waals surface area contributed by atoms with Gasteiger partial charge < -0.3 is 4.52 Å². The van der Waals surface area contributed by atoms with Crippen molar-refractivity contribution in [1.29, 1.82) is 0 Å². The fraction of sp³-hybridized carbons (Fsp3) is 0. The molecular formula is C11H8N2O3. The summed E-state index contributed by atoms with van der Waals surface area (Å²) in [6, 6.07) is 9.44. The van der Waals surface area contributed by atoms with Crippen LogP contribution in [0.1, 0.15) is 11.3 Å². The highest BCUT2D eigenvalue weighted by Gasteiger charge is 2.15. The molecule has 0 unspecified atom stereocenters. The topological polar surface area (TPSA) is 69.2 Å². The minimum Gasteiger partial charge on any atom is -0.349 e. The molecule has 0 spiro atoms. The zero-order valence-electron chi connectivity index (χ0n) is 8.24. The van der Waals surface area contributed by atoms with Gasteiger partial charge in [-0.1, -0.05) is 41.6 Å². The Bertz CT molecular complexity index is 517. The van der Waals surface area contributed by atoms with Crippen LogP contribution in [-0.4, -0.2) is 10.1 Å². The summed E-state index contributed by atoms with van der Waals surface area (Å²) in [6.07, 6.45) is 4.35. The fourth-order valence-corrected chi connectivity index (χ4v) is 1.23. The molecule has 0 aliphatic carbocycles. The monoisotopic (exact) mass is 216 g/mol. The summed E-state index contributed by atoms with van der Waals surface area (Å²) >= 11 is 0. The molecule has 0 atom stereocenters. The summed E-state index contributed by atoms with van der Waals surface area (Å²) in [5.74, 6) is 0.147. The van der Waals surface area contributed by atoms with E-state index in [1.54, 1.807) is 6.08 Å². The highest BCUT2D eigenvalue weighted by atomic mass is 16.6. The summed E-state index contributed by atoms with van der Waals surface area (Å²) in [4.78, 5) is 10.0. The Kier molecular flexibility index (Phi) is 2.77. The number of hydrogen-bond donors (Lipinski definition) is 0. The molecule has 5 nitrogen and oxygen atoms in total. The van der Waals surface area contributed by atoms with Crippen molar-refractivity contribution in [3.05, 3.63) is 58.0 Å². The molecule has 0 saturated carbocycles. The van der Waals surface area contributed by atoms with Gasteiger partial charge in [-0.25, -0.2) is 0 Å². The second-order valence-electron chi connectivity index (χ2n) is 3.08. The number of hydrogen-bond acceptors (Lipinski definition) is 4. The molecule has 0 N–H and O–H groups in total. The van der Waals surface area contributed by atoms with Crippen LogP contribution in [0.25, 0.3) is 12.2 Å². The zero-order valence-corrected chi connectivity index (χ0v) is 8.24. The molecule has 1 heterocycles. The number of aromatic nitrogens is 1. The first-order chi connectivity index (χ1) is 7.77. The van der Waals surface area contributed by atoms with Crippen LogP contribution >= 0.6 is 0 Å². The highest BCUT2D eigenvalue weighted by molar-refractivity contribution is 5.70. The highest BCUT2D eigenvalue weighted by Crippen LogP contribution is 2.19. The van der Waals surface area contributed by atoms with Crippen LogP contribution in [0.3, 0.4) is 0 Å². The van der Waals surface area contributed by atoms with Gasteiger partial charge in [0.1, 0.15) is 6.20 Å². The maximum atomic E-state index is 10.6. The quantitative estimate of drug-likeness (QED) is 0.584. The number of nitrogens with zero attached hydrogens (tertiary/aromatic N) is 2. The molecular weight excluding hydrogens is 208 g/mol. The smallest absolute Gasteiger partial charge is 0.335 e. The van der Waals surface area contributed by atoms with E-state index in [0.29, 0.717) is 0 Å². The molecule has 1 aromatic carbocycles. The van der Waals surface area contributed by atoms with Crippen LogP contribution in [0.15, 0.2) is 41.1 Å². The molecule has 2 aromatic rings. The van der Waals surface area contributed by atoms with Crippen molar-refractivity contribution in [2.75, 3.05) is 0 Å². The Morgan fingerprint density at radius 2 is 2.00 bits per heavy atom. The molecule has 80 valence electrons. The summed E-state index contributed by atoms with van der Waals surface area (Å²) in [5, 5.41) is 14.0. The minimum absolute atomic E-state index is 0.132. The van der Waals surface area contributed by atoms with Crippen LogP contribution in [0, 0.1) is 10.1 Å². The predicted molar refractivity (Wildman–Crippen MR) is 58.5 cm³/mol. The van der Waals surface area contributed by atoms with E-state index in [-0.39, 0.29) is 11.4 Å². The molecule has 0 fully saturated rings. The maximum absolute atomic E-state index is 10.6. The average molecular weight is 216 g/mol. The van der Waals surface area contributed by atoms with E-state index in [4.69, 9.17) is 4.52 Å². The van der Waals surface area contributed by atoms with Crippen LogP contribution < -0.4 is 0 Å². The molecule has 0 aliphatic heterocycles. The van der Waals surface area contributed by atoms with Gasteiger partial charge in [-0.05, 0) is 11.6 Å². The maximum Gasteiger partial charge on any atom is 0.335 e. The first kappa shape index (κ1) is 10.1. The minimum atomic E-state index is -0.527. The molecule has 0 aliphatic rings. The van der Waals surface area contributed by atoms with Gasteiger partial charge in [-0.15, -0.1) is 0 Å². The van der Waals surface area contributed by atoms with Gasteiger partial charge in [0.05, 0.1) is 4.92 Å². The van der Waals surface area contributed by atoms with Gasteiger partial charge in [0.25, 0.3) is 0 Å². The van der Waals surface area contributed by atoms with E-state index < -0.39 is 4.92 Å². The van der Waals surface area contributed by atoms with Crippen molar-refractivity contribution in [3.63, 3.8) is 0 Å². The number of nitro groups is 1. The number of benzene rings is 1. The normalized spacial score (nSPS) is 10.8. The van der Waals surface area contributed by atoms with Crippen molar-refractivity contribution < 1.29 is 9.45 Å². The van der Waals surface area contributed by atoms with Gasteiger partial charge in [-0.2, -0.15) is 0 Å². The lowest BCUT2D eigenvalue weighted by atomic mass is 10.2. The van der Waals surface area contributed by atoms with Crippen molar-refractivity contribution in [1.82, 2.24) is 5.16 Å². The molecule has 16 heavy (non-hydrogen) atoms. The molecule has 0 amide bonds. The lowest BCUT2D eigenvalue weighted by Crippen LogP contribution is -1.86. The Labute approximate surface area is 91.1 Å². The van der Waals surface area contributed by atoms with E-state index in [1.807, 2.05) is 30.3 Å². The van der Waals surface area contributed by atoms with Crippen molar-refractivity contribution in [3.8, 4) is 0 Å². The van der Waals surface area contributed by atoms with Gasteiger partial charge in [0.2, 0.25) is 5.76 Å². The molecule has 0 saturated heterocycles. The Balaban J connectivity index is 2.24. The summed E-state index contributed by atoms with van der Waals surface area (Å²) in [6.45, 7) is 0. The SMILES string of the molecule is O=[N+]([O-])c1cnoc1C=Cc1ccccc1. The largest absolute Gasteiger partial charge is 0.349 e. The predicted octanol–water partition coefficient (Wildman–Crippen LogP) is 2.75. The van der Waals surface area contributed by atoms with E-state index >= 15 is 0 Å². The molecule has 0 bridgehead atoms. The Morgan fingerprint density at radius 3 is 2.69 bits per heavy atom. The Hall–Kier alpha value is -2.43. The van der Waals surface area contributed by atoms with E-state index in [1.165, 1.54) is 6.08 Å². The van der Waals surface area contributed by atoms with Crippen LogP contribution in [0.4, 0.5) is 5.69 Å². The van der Waals surface area contributed by atoms with E-state index in [9.17, 15) is 10.1 Å². The lowest BCUT2D eigenvalue weighted by molar-refractivity contribution is -0.385. The van der Waals surface area contributed by atoms with Gasteiger partial charge >= 0.3 is 5.69 Å². The number of rotatable bonds is 3. The molecule has 0 radical (unpaired) electrons. The van der Waals surface area contributed by atoms with Crippen molar-refractivity contribution in [2.45, 2.75) is 0 Å². The summed E-state index contributed by atoms with van der Waals surface area (Å²) in [5.41, 5.74) is 0.806. The molecule has 2 rings (SSSR count). The third-order valence-corrected chi connectivity index (χ3v) is 2.00. The Morgan fingerprint density at radius 1 is 1.25 bits per heavy atom. The molecule has 1 aromatic heterocycles. The van der Waals surface area contributed by atoms with Gasteiger partial charge in [0.15, 0.2) is 0 Å². The van der Waals surface area contributed by atoms with Crippen LogP contribution in [0.5, 0.6) is 0 Å². The van der Waals surface area contributed by atoms with Crippen LogP contribution in [0.2, 0.25) is 0 Å². The van der Waals surface area contributed by atoms with E-state index in [2.05, 4.69) is 5.16 Å². The first-order valence-electron chi connectivity index (χ1n) is 4.59. The zero-order chi connectivity index (χ0) is 11.4. The molecule has 5 heteroatoms. The standard InChI is InChI=1S/C11H8N2O3/c14-13(15)10-8-12-16-11(10)7-6-9-4-2-1-3-5-9/h1-8H. The van der Waals surface area contributed by atoms with E-state index in [0.717, 1.165) is 11.8 Å². The van der Waals surface area contributed by atoms with Crippen molar-refractivity contribution in [2.24, 2.45) is 0 Å². The average Bonchev–Trinajstić information content (AvgIpc) is 2.76. The first-order valence-corrected chi connectivity index (χ1v) is 4.59. The summed E-state index contributed by atoms with van der Waals surface area (Å²) < 4.78 is 4.77. The van der Waals surface area contributed by atoms with Gasteiger partial charge in [0, 0.05) is 0 Å². The second kappa shape index (κ2) is 4.39. The summed E-state index contributed by atoms with van der Waals surface area (Å²) in [7, 11) is 0. The second-order valence-corrected chi connectivity index (χ2v) is 3.08.